The SMILES string of the molecule is COc1ccc(N2C(=NC(=O)COc3ccc(Cl)cc3)S[C@H]3CS(=O)(=O)C[C@H]32)cc1. The number of hydrogen-bond donors (Lipinski definition) is 0. The Bertz CT molecular complexity index is 1070. The molecule has 2 aliphatic rings. The predicted octanol–water partition coefficient (Wildman–Crippen LogP) is 3.03. The molecule has 30 heavy (non-hydrogen) atoms. The summed E-state index contributed by atoms with van der Waals surface area (Å²) >= 11 is 7.16. The first-order valence-electron chi connectivity index (χ1n) is 9.15. The van der Waals surface area contributed by atoms with Gasteiger partial charge in [-0.25, -0.2) is 8.42 Å². The number of anilines is 1. The molecule has 4 rings (SSSR count). The Morgan fingerprint density at radius 1 is 1.13 bits per heavy atom. The minimum absolute atomic E-state index is 0.0329. The van der Waals surface area contributed by atoms with Gasteiger partial charge in [0.1, 0.15) is 11.5 Å². The van der Waals surface area contributed by atoms with Gasteiger partial charge in [0.2, 0.25) is 0 Å². The highest BCUT2D eigenvalue weighted by atomic mass is 35.5. The summed E-state index contributed by atoms with van der Waals surface area (Å²) in [5.41, 5.74) is 0.762. The molecular formula is C20H19ClN2O5S2. The van der Waals surface area contributed by atoms with E-state index in [0.29, 0.717) is 21.7 Å². The Morgan fingerprint density at radius 2 is 1.80 bits per heavy atom. The normalized spacial score (nSPS) is 23.4. The van der Waals surface area contributed by atoms with Gasteiger partial charge in [0.15, 0.2) is 21.6 Å². The molecule has 2 aromatic carbocycles. The number of nitrogens with zero attached hydrogens (tertiary/aromatic N) is 2. The largest absolute Gasteiger partial charge is 0.497 e. The lowest BCUT2D eigenvalue weighted by Crippen LogP contribution is -2.37. The van der Waals surface area contributed by atoms with Crippen molar-refractivity contribution in [1.82, 2.24) is 0 Å². The van der Waals surface area contributed by atoms with E-state index in [0.717, 1.165) is 5.69 Å². The maximum absolute atomic E-state index is 12.4. The van der Waals surface area contributed by atoms with Crippen LogP contribution in [0.2, 0.25) is 5.02 Å². The molecule has 0 N–H and O–H groups in total. The van der Waals surface area contributed by atoms with Gasteiger partial charge in [0, 0.05) is 16.0 Å². The molecule has 2 aliphatic heterocycles. The molecule has 7 nitrogen and oxygen atoms in total. The van der Waals surface area contributed by atoms with Crippen LogP contribution in [0, 0.1) is 0 Å². The highest BCUT2D eigenvalue weighted by Gasteiger charge is 2.49. The number of aliphatic imine (C=N–C) groups is 1. The number of ether oxygens (including phenoxy) is 2. The molecule has 0 radical (unpaired) electrons. The van der Waals surface area contributed by atoms with Crippen LogP contribution in [0.1, 0.15) is 0 Å². The predicted molar refractivity (Wildman–Crippen MR) is 119 cm³/mol. The van der Waals surface area contributed by atoms with Crippen LogP contribution in [-0.4, -0.2) is 56.0 Å². The van der Waals surface area contributed by atoms with Crippen LogP contribution in [0.5, 0.6) is 11.5 Å². The first-order valence-corrected chi connectivity index (χ1v) is 12.2. The van der Waals surface area contributed by atoms with Gasteiger partial charge in [0.05, 0.1) is 24.7 Å². The number of rotatable bonds is 5. The zero-order valence-corrected chi connectivity index (χ0v) is 18.4. The van der Waals surface area contributed by atoms with Gasteiger partial charge in [-0.15, -0.1) is 0 Å². The van der Waals surface area contributed by atoms with E-state index in [2.05, 4.69) is 4.99 Å². The van der Waals surface area contributed by atoms with Crippen LogP contribution in [0.3, 0.4) is 0 Å². The Labute approximate surface area is 183 Å². The molecule has 0 aliphatic carbocycles. The van der Waals surface area contributed by atoms with Gasteiger partial charge in [-0.3, -0.25) is 4.79 Å². The molecule has 1 amide bonds. The second-order valence-electron chi connectivity index (χ2n) is 6.90. The summed E-state index contributed by atoms with van der Waals surface area (Å²) in [5, 5.41) is 0.892. The number of carbonyl (C=O) groups is 1. The minimum Gasteiger partial charge on any atom is -0.497 e. The summed E-state index contributed by atoms with van der Waals surface area (Å²) in [4.78, 5) is 18.5. The van der Waals surface area contributed by atoms with Gasteiger partial charge in [-0.1, -0.05) is 23.4 Å². The van der Waals surface area contributed by atoms with Crippen molar-refractivity contribution in [1.29, 1.82) is 0 Å². The van der Waals surface area contributed by atoms with Crippen LogP contribution in [0.25, 0.3) is 0 Å². The smallest absolute Gasteiger partial charge is 0.285 e. The van der Waals surface area contributed by atoms with E-state index in [9.17, 15) is 13.2 Å². The number of methoxy groups -OCH3 is 1. The topological polar surface area (TPSA) is 85.3 Å². The summed E-state index contributed by atoms with van der Waals surface area (Å²) in [6, 6.07) is 13.7. The molecular weight excluding hydrogens is 448 g/mol. The Hall–Kier alpha value is -2.23. The van der Waals surface area contributed by atoms with E-state index >= 15 is 0 Å². The van der Waals surface area contributed by atoms with Gasteiger partial charge in [0.25, 0.3) is 5.91 Å². The molecule has 2 aromatic rings. The average Bonchev–Trinajstić information content (AvgIpc) is 3.18. The van der Waals surface area contributed by atoms with E-state index in [1.807, 2.05) is 17.0 Å². The number of benzene rings is 2. The van der Waals surface area contributed by atoms with Crippen molar-refractivity contribution in [2.24, 2.45) is 4.99 Å². The van der Waals surface area contributed by atoms with E-state index < -0.39 is 15.7 Å². The molecule has 2 saturated heterocycles. The van der Waals surface area contributed by atoms with Crippen molar-refractivity contribution < 1.29 is 22.7 Å². The number of thioether (sulfide) groups is 1. The van der Waals surface area contributed by atoms with Crippen molar-refractivity contribution in [3.05, 3.63) is 53.6 Å². The lowest BCUT2D eigenvalue weighted by Gasteiger charge is -2.24. The molecule has 10 heteroatoms. The summed E-state index contributed by atoms with van der Waals surface area (Å²) in [6.07, 6.45) is 0. The summed E-state index contributed by atoms with van der Waals surface area (Å²) in [6.45, 7) is -0.226. The van der Waals surface area contributed by atoms with Crippen LogP contribution >= 0.6 is 23.4 Å². The quantitative estimate of drug-likeness (QED) is 0.669. The number of sulfone groups is 1. The van der Waals surface area contributed by atoms with Gasteiger partial charge in [-0.05, 0) is 48.5 Å². The van der Waals surface area contributed by atoms with Crippen molar-refractivity contribution >= 4 is 50.0 Å². The monoisotopic (exact) mass is 466 g/mol. The molecule has 0 spiro atoms. The number of carbonyl (C=O) groups excluding carboxylic acids is 1. The molecule has 158 valence electrons. The van der Waals surface area contributed by atoms with E-state index in [1.165, 1.54) is 11.8 Å². The highest BCUT2D eigenvalue weighted by molar-refractivity contribution is 8.16. The molecule has 0 aromatic heterocycles. The Morgan fingerprint density at radius 3 is 2.47 bits per heavy atom. The molecule has 0 bridgehead atoms. The fraction of sp³-hybridized carbons (Fsp3) is 0.300. The molecule has 0 unspecified atom stereocenters. The third-order valence-electron chi connectivity index (χ3n) is 4.81. The summed E-state index contributed by atoms with van der Waals surface area (Å²) < 4.78 is 34.9. The number of hydrogen-bond acceptors (Lipinski definition) is 6. The van der Waals surface area contributed by atoms with Crippen molar-refractivity contribution in [2.45, 2.75) is 11.3 Å². The van der Waals surface area contributed by atoms with Gasteiger partial charge < -0.3 is 14.4 Å². The van der Waals surface area contributed by atoms with Crippen LogP contribution < -0.4 is 14.4 Å². The van der Waals surface area contributed by atoms with Crippen LogP contribution in [-0.2, 0) is 14.6 Å². The zero-order valence-electron chi connectivity index (χ0n) is 16.0. The standard InChI is InChI=1S/C20H19ClN2O5S2/c1-27-15-8-4-14(5-9-15)23-17-11-30(25,26)12-18(17)29-20(23)22-19(24)10-28-16-6-2-13(21)3-7-16/h2-9,17-18H,10-12H2,1H3/t17-,18+/m1/s1. The Balaban J connectivity index is 1.55. The number of halogens is 1. The summed E-state index contributed by atoms with van der Waals surface area (Å²) in [5.74, 6) is 0.859. The number of fused-ring (bicyclic) bond motifs is 1. The average molecular weight is 467 g/mol. The third kappa shape index (κ3) is 4.58. The van der Waals surface area contributed by atoms with Gasteiger partial charge in [-0.2, -0.15) is 4.99 Å². The van der Waals surface area contributed by atoms with E-state index in [4.69, 9.17) is 21.1 Å². The van der Waals surface area contributed by atoms with Crippen molar-refractivity contribution in [3.63, 3.8) is 0 Å². The van der Waals surface area contributed by atoms with E-state index in [1.54, 1.807) is 43.5 Å². The van der Waals surface area contributed by atoms with Crippen LogP contribution in [0.15, 0.2) is 53.5 Å². The molecule has 2 atom stereocenters. The fourth-order valence-electron chi connectivity index (χ4n) is 3.42. The van der Waals surface area contributed by atoms with Crippen molar-refractivity contribution in [3.8, 4) is 11.5 Å². The summed E-state index contributed by atoms with van der Waals surface area (Å²) in [7, 11) is -1.55. The molecule has 2 heterocycles. The highest BCUT2D eigenvalue weighted by Crippen LogP contribution is 2.41. The second kappa shape index (κ2) is 8.49. The number of amides is 1. The van der Waals surface area contributed by atoms with E-state index in [-0.39, 0.29) is 29.4 Å². The molecule has 2 fully saturated rings. The fourth-order valence-corrected chi connectivity index (χ4v) is 7.48. The molecule has 0 saturated carbocycles. The lowest BCUT2D eigenvalue weighted by molar-refractivity contribution is -0.119. The van der Waals surface area contributed by atoms with Gasteiger partial charge >= 0.3 is 0 Å². The first kappa shape index (κ1) is 21.0. The van der Waals surface area contributed by atoms with Crippen molar-refractivity contribution in [2.75, 3.05) is 30.1 Å². The first-order chi connectivity index (χ1) is 14.3. The Kier molecular flexibility index (Phi) is 5.95. The third-order valence-corrected chi connectivity index (χ3v) is 8.28. The maximum Gasteiger partial charge on any atom is 0.285 e. The zero-order chi connectivity index (χ0) is 21.3. The second-order valence-corrected chi connectivity index (χ2v) is 10.7. The van der Waals surface area contributed by atoms with Crippen LogP contribution in [0.4, 0.5) is 5.69 Å². The maximum atomic E-state index is 12.4. The number of amidine groups is 1. The minimum atomic E-state index is -3.12. The lowest BCUT2D eigenvalue weighted by atomic mass is 10.2.